The molecule has 0 spiro atoms. The largest absolute Gasteiger partial charge is 0.489 e. The fourth-order valence-corrected chi connectivity index (χ4v) is 3.88. The second-order valence-corrected chi connectivity index (χ2v) is 7.62. The van der Waals surface area contributed by atoms with Crippen LogP contribution in [0.2, 0.25) is 5.15 Å². The average molecular weight is 455 g/mol. The first-order valence-corrected chi connectivity index (χ1v) is 10.6. The number of aromatic amines is 1. The highest BCUT2D eigenvalue weighted by molar-refractivity contribution is 6.30. The minimum absolute atomic E-state index is 0.159. The zero-order valence-electron chi connectivity index (χ0n) is 17.8. The van der Waals surface area contributed by atoms with Crippen LogP contribution in [0, 0.1) is 0 Å². The van der Waals surface area contributed by atoms with Gasteiger partial charge in [-0.1, -0.05) is 36.7 Å². The monoisotopic (exact) mass is 454 g/mol. The summed E-state index contributed by atoms with van der Waals surface area (Å²) in [7, 11) is 1.37. The van der Waals surface area contributed by atoms with E-state index in [-0.39, 0.29) is 17.7 Å². The third-order valence-electron chi connectivity index (χ3n) is 5.26. The van der Waals surface area contributed by atoms with Crippen LogP contribution in [0.15, 0.2) is 42.5 Å². The van der Waals surface area contributed by atoms with Crippen LogP contribution in [-0.2, 0) is 17.7 Å². The first-order chi connectivity index (χ1) is 15.5. The van der Waals surface area contributed by atoms with Gasteiger partial charge in [0.15, 0.2) is 11.0 Å². The number of nitrogens with one attached hydrogen (secondary N) is 2. The molecule has 3 aromatic rings. The van der Waals surface area contributed by atoms with Crippen molar-refractivity contribution in [1.82, 2.24) is 9.97 Å². The number of fused-ring (bicyclic) bond motifs is 1. The number of esters is 1. The molecular weight excluding hydrogens is 432 g/mol. The normalized spacial score (nSPS) is 12.7. The average Bonchev–Trinajstić information content (AvgIpc) is 3.20. The predicted molar refractivity (Wildman–Crippen MR) is 122 cm³/mol. The molecule has 2 heterocycles. The van der Waals surface area contributed by atoms with Crippen LogP contribution >= 0.6 is 11.6 Å². The van der Waals surface area contributed by atoms with Crippen LogP contribution in [0.3, 0.4) is 0 Å². The highest BCUT2D eigenvalue weighted by Gasteiger charge is 2.22. The second-order valence-electron chi connectivity index (χ2n) is 7.26. The molecular formula is C23H23ClN4O4. The van der Waals surface area contributed by atoms with Gasteiger partial charge in [-0.15, -0.1) is 0 Å². The number of benzene rings is 2. The van der Waals surface area contributed by atoms with Crippen LogP contribution in [0.4, 0.5) is 11.4 Å². The maximum atomic E-state index is 12.5. The number of carbonyl (C=O) groups excluding carboxylic acids is 2. The molecule has 166 valence electrons. The van der Waals surface area contributed by atoms with Crippen LogP contribution < -0.4 is 15.0 Å². The van der Waals surface area contributed by atoms with E-state index in [0.29, 0.717) is 54.0 Å². The van der Waals surface area contributed by atoms with E-state index < -0.39 is 0 Å². The second kappa shape index (κ2) is 9.32. The van der Waals surface area contributed by atoms with Crippen molar-refractivity contribution < 1.29 is 19.1 Å². The minimum atomic E-state index is -0.383. The molecule has 1 aliphatic heterocycles. The molecule has 1 amide bonds. The SMILES string of the molecule is CCc1[nH]c(C(=O)Nc2ccc3c(c2)OCCN3Cc2ccccc2C(=O)OC)nc1Cl. The summed E-state index contributed by atoms with van der Waals surface area (Å²) in [5, 5.41) is 3.12. The van der Waals surface area contributed by atoms with Crippen molar-refractivity contribution in [2.24, 2.45) is 0 Å². The van der Waals surface area contributed by atoms with E-state index in [1.807, 2.05) is 31.2 Å². The van der Waals surface area contributed by atoms with E-state index in [4.69, 9.17) is 21.1 Å². The molecule has 1 aromatic heterocycles. The third-order valence-corrected chi connectivity index (χ3v) is 5.57. The number of carbonyl (C=O) groups is 2. The first kappa shape index (κ1) is 21.7. The number of hydrogen-bond donors (Lipinski definition) is 2. The molecule has 0 saturated carbocycles. The zero-order chi connectivity index (χ0) is 22.7. The third kappa shape index (κ3) is 4.40. The summed E-state index contributed by atoms with van der Waals surface area (Å²) in [4.78, 5) is 33.8. The number of hydrogen-bond acceptors (Lipinski definition) is 6. The lowest BCUT2D eigenvalue weighted by Gasteiger charge is -2.32. The lowest BCUT2D eigenvalue weighted by molar-refractivity contribution is 0.0599. The Hall–Kier alpha value is -3.52. The van der Waals surface area contributed by atoms with E-state index >= 15 is 0 Å². The summed E-state index contributed by atoms with van der Waals surface area (Å²) >= 11 is 6.03. The van der Waals surface area contributed by atoms with Crippen molar-refractivity contribution in [3.8, 4) is 5.75 Å². The van der Waals surface area contributed by atoms with Gasteiger partial charge in [-0.05, 0) is 30.2 Å². The number of imidazole rings is 1. The molecule has 9 heteroatoms. The van der Waals surface area contributed by atoms with Crippen LogP contribution in [-0.4, -0.2) is 42.1 Å². The van der Waals surface area contributed by atoms with Gasteiger partial charge in [-0.3, -0.25) is 4.79 Å². The Bertz CT molecular complexity index is 1160. The van der Waals surface area contributed by atoms with Gasteiger partial charge in [0.1, 0.15) is 12.4 Å². The van der Waals surface area contributed by atoms with Crippen molar-refractivity contribution in [3.63, 3.8) is 0 Å². The maximum absolute atomic E-state index is 12.5. The number of halogens is 1. The maximum Gasteiger partial charge on any atom is 0.338 e. The van der Waals surface area contributed by atoms with Crippen molar-refractivity contribution in [2.75, 3.05) is 30.5 Å². The lowest BCUT2D eigenvalue weighted by Crippen LogP contribution is -2.32. The molecule has 1 aliphatic rings. The van der Waals surface area contributed by atoms with Crippen molar-refractivity contribution in [2.45, 2.75) is 19.9 Å². The van der Waals surface area contributed by atoms with E-state index in [1.54, 1.807) is 18.2 Å². The molecule has 0 bridgehead atoms. The molecule has 0 saturated heterocycles. The molecule has 4 rings (SSSR count). The standard InChI is InChI=1S/C23H23ClN4O4/c1-3-17-20(24)27-21(26-17)22(29)25-15-8-9-18-19(12-15)32-11-10-28(18)13-14-6-4-5-7-16(14)23(30)31-2/h4-9,12H,3,10-11,13H2,1-2H3,(H,25,29)(H,26,27). The summed E-state index contributed by atoms with van der Waals surface area (Å²) in [5.41, 5.74) is 3.58. The van der Waals surface area contributed by atoms with Crippen molar-refractivity contribution >= 4 is 34.9 Å². The van der Waals surface area contributed by atoms with Gasteiger partial charge in [0.05, 0.1) is 30.6 Å². The van der Waals surface area contributed by atoms with E-state index in [9.17, 15) is 9.59 Å². The number of nitrogens with zero attached hydrogens (tertiary/aromatic N) is 2. The minimum Gasteiger partial charge on any atom is -0.489 e. The van der Waals surface area contributed by atoms with Crippen LogP contribution in [0.1, 0.15) is 39.2 Å². The Balaban J connectivity index is 1.53. The molecule has 32 heavy (non-hydrogen) atoms. The summed E-state index contributed by atoms with van der Waals surface area (Å²) in [6.07, 6.45) is 0.654. The number of H-pyrrole nitrogens is 1. The molecule has 0 fully saturated rings. The van der Waals surface area contributed by atoms with Gasteiger partial charge in [0, 0.05) is 18.3 Å². The van der Waals surface area contributed by atoms with Gasteiger partial charge < -0.3 is 24.7 Å². The highest BCUT2D eigenvalue weighted by atomic mass is 35.5. The number of amides is 1. The van der Waals surface area contributed by atoms with Gasteiger partial charge in [0.2, 0.25) is 0 Å². The number of aromatic nitrogens is 2. The highest BCUT2D eigenvalue weighted by Crippen LogP contribution is 2.35. The lowest BCUT2D eigenvalue weighted by atomic mass is 10.1. The quantitative estimate of drug-likeness (QED) is 0.545. The zero-order valence-corrected chi connectivity index (χ0v) is 18.5. The molecule has 0 atom stereocenters. The van der Waals surface area contributed by atoms with E-state index in [0.717, 1.165) is 11.3 Å². The van der Waals surface area contributed by atoms with Crippen molar-refractivity contribution in [1.29, 1.82) is 0 Å². The number of ether oxygens (including phenoxy) is 2. The number of rotatable bonds is 6. The van der Waals surface area contributed by atoms with Gasteiger partial charge in [-0.25, -0.2) is 9.78 Å². The summed E-state index contributed by atoms with van der Waals surface area (Å²) in [6.45, 7) is 3.60. The fraction of sp³-hybridized carbons (Fsp3) is 0.261. The Labute approximate surface area is 190 Å². The number of methoxy groups -OCH3 is 1. The molecule has 0 aliphatic carbocycles. The summed E-state index contributed by atoms with van der Waals surface area (Å²) in [5.74, 6) is 0.0606. The summed E-state index contributed by atoms with van der Waals surface area (Å²) in [6, 6.07) is 12.8. The Kier molecular flexibility index (Phi) is 6.32. The fourth-order valence-electron chi connectivity index (χ4n) is 3.61. The smallest absolute Gasteiger partial charge is 0.338 e. The predicted octanol–water partition coefficient (Wildman–Crippen LogP) is 4.06. The Morgan fingerprint density at radius 3 is 2.84 bits per heavy atom. The first-order valence-electron chi connectivity index (χ1n) is 10.2. The molecule has 0 unspecified atom stereocenters. The Morgan fingerprint density at radius 2 is 2.09 bits per heavy atom. The summed E-state index contributed by atoms with van der Waals surface area (Å²) < 4.78 is 10.7. The van der Waals surface area contributed by atoms with Crippen LogP contribution in [0.25, 0.3) is 0 Å². The molecule has 0 radical (unpaired) electrons. The number of aryl methyl sites for hydroxylation is 1. The van der Waals surface area contributed by atoms with Crippen molar-refractivity contribution in [3.05, 3.63) is 70.3 Å². The van der Waals surface area contributed by atoms with E-state index in [1.165, 1.54) is 7.11 Å². The number of anilines is 2. The van der Waals surface area contributed by atoms with Crippen LogP contribution in [0.5, 0.6) is 5.75 Å². The topological polar surface area (TPSA) is 96.6 Å². The van der Waals surface area contributed by atoms with Gasteiger partial charge in [-0.2, -0.15) is 0 Å². The molecule has 2 N–H and O–H groups in total. The van der Waals surface area contributed by atoms with Gasteiger partial charge in [0.25, 0.3) is 5.91 Å². The van der Waals surface area contributed by atoms with E-state index in [2.05, 4.69) is 20.2 Å². The molecule has 2 aromatic carbocycles. The Morgan fingerprint density at radius 1 is 1.28 bits per heavy atom. The molecule has 8 nitrogen and oxygen atoms in total. The van der Waals surface area contributed by atoms with Gasteiger partial charge >= 0.3 is 5.97 Å².